The topological polar surface area (TPSA) is 36.0 Å². The second-order valence-electron chi connectivity index (χ2n) is 8.47. The molecule has 1 saturated carbocycles. The highest BCUT2D eigenvalue weighted by Crippen LogP contribution is 2.30. The quantitative estimate of drug-likeness (QED) is 0.765. The van der Waals surface area contributed by atoms with Gasteiger partial charge in [0.1, 0.15) is 0 Å². The Morgan fingerprint density at radius 1 is 1.04 bits per heavy atom. The van der Waals surface area contributed by atoms with Crippen LogP contribution in [0.2, 0.25) is 0 Å². The number of amides is 1. The number of hydrogen-bond donors (Lipinski definition) is 0. The summed E-state index contributed by atoms with van der Waals surface area (Å²) in [5.41, 5.74) is 0. The fraction of sp³-hybridized carbons (Fsp3) is 0.947. The molecule has 3 aliphatic rings. The maximum atomic E-state index is 13.2. The van der Waals surface area contributed by atoms with E-state index < -0.39 is 0 Å². The molecule has 5 nitrogen and oxygen atoms in total. The first-order valence-corrected chi connectivity index (χ1v) is 9.84. The average Bonchev–Trinajstić information content (AvgIpc) is 3.30. The van der Waals surface area contributed by atoms with Crippen molar-refractivity contribution in [2.24, 2.45) is 11.8 Å². The predicted molar refractivity (Wildman–Crippen MR) is 96.0 cm³/mol. The van der Waals surface area contributed by atoms with E-state index in [0.29, 0.717) is 11.8 Å². The first-order valence-electron chi connectivity index (χ1n) is 9.84. The van der Waals surface area contributed by atoms with Gasteiger partial charge in [0.25, 0.3) is 0 Å². The molecule has 0 aromatic rings. The summed E-state index contributed by atoms with van der Waals surface area (Å²) in [6, 6.07) is -0.00576. The zero-order valence-corrected chi connectivity index (χ0v) is 15.9. The van der Waals surface area contributed by atoms with E-state index in [4.69, 9.17) is 4.74 Å². The van der Waals surface area contributed by atoms with E-state index in [1.807, 2.05) is 0 Å². The molecule has 2 saturated heterocycles. The molecule has 0 N–H and O–H groups in total. The van der Waals surface area contributed by atoms with Crippen LogP contribution >= 0.6 is 0 Å². The fourth-order valence-electron chi connectivity index (χ4n) is 4.31. The van der Waals surface area contributed by atoms with Crippen molar-refractivity contribution in [2.45, 2.75) is 58.8 Å². The lowest BCUT2D eigenvalue weighted by Gasteiger charge is -2.44. The first-order chi connectivity index (χ1) is 11.4. The normalized spacial score (nSPS) is 31.5. The van der Waals surface area contributed by atoms with E-state index in [9.17, 15) is 4.79 Å². The molecule has 24 heavy (non-hydrogen) atoms. The molecule has 0 bridgehead atoms. The van der Waals surface area contributed by atoms with E-state index in [0.717, 1.165) is 45.2 Å². The molecule has 1 aliphatic carbocycles. The van der Waals surface area contributed by atoms with Crippen LogP contribution < -0.4 is 0 Å². The average molecular weight is 338 g/mol. The highest BCUT2D eigenvalue weighted by molar-refractivity contribution is 5.82. The molecule has 0 spiro atoms. The second-order valence-corrected chi connectivity index (χ2v) is 8.47. The molecular weight excluding hydrogens is 302 g/mol. The number of rotatable bonds is 5. The number of hydrogen-bond acceptors (Lipinski definition) is 4. The van der Waals surface area contributed by atoms with Crippen LogP contribution in [0, 0.1) is 11.8 Å². The van der Waals surface area contributed by atoms with Gasteiger partial charge in [0.05, 0.1) is 18.2 Å². The molecule has 3 fully saturated rings. The van der Waals surface area contributed by atoms with Crippen molar-refractivity contribution in [3.8, 4) is 0 Å². The molecule has 3 unspecified atom stereocenters. The van der Waals surface area contributed by atoms with E-state index >= 15 is 0 Å². The molecule has 2 aliphatic heterocycles. The van der Waals surface area contributed by atoms with E-state index in [2.05, 4.69) is 42.4 Å². The summed E-state index contributed by atoms with van der Waals surface area (Å²) in [4.78, 5) is 20.2. The molecule has 138 valence electrons. The summed E-state index contributed by atoms with van der Waals surface area (Å²) >= 11 is 0. The monoisotopic (exact) mass is 337 g/mol. The molecule has 1 amide bonds. The Hall–Kier alpha value is -0.650. The van der Waals surface area contributed by atoms with Gasteiger partial charge in [-0.1, -0.05) is 13.8 Å². The minimum atomic E-state index is -0.00576. The maximum absolute atomic E-state index is 13.2. The van der Waals surface area contributed by atoms with Crippen molar-refractivity contribution >= 4 is 5.91 Å². The molecule has 0 aromatic heterocycles. The summed E-state index contributed by atoms with van der Waals surface area (Å²) in [7, 11) is 0. The SMILES string of the molecule is CC1CN(C(C(=O)N2CCN(CC3CC3)CC2)C(C)C)CC(C)O1. The van der Waals surface area contributed by atoms with Crippen LogP contribution in [0.15, 0.2) is 0 Å². The molecule has 5 heteroatoms. The summed E-state index contributed by atoms with van der Waals surface area (Å²) in [6.07, 6.45) is 3.22. The van der Waals surface area contributed by atoms with Crippen LogP contribution in [0.1, 0.15) is 40.5 Å². The smallest absolute Gasteiger partial charge is 0.240 e. The van der Waals surface area contributed by atoms with Gasteiger partial charge in [0.2, 0.25) is 5.91 Å². The third-order valence-electron chi connectivity index (χ3n) is 5.62. The van der Waals surface area contributed by atoms with Gasteiger partial charge in [0.15, 0.2) is 0 Å². The maximum Gasteiger partial charge on any atom is 0.240 e. The molecular formula is C19H35N3O2. The van der Waals surface area contributed by atoms with E-state index in [-0.39, 0.29) is 18.2 Å². The van der Waals surface area contributed by atoms with Crippen molar-refractivity contribution in [3.05, 3.63) is 0 Å². The van der Waals surface area contributed by atoms with Crippen molar-refractivity contribution in [3.63, 3.8) is 0 Å². The summed E-state index contributed by atoms with van der Waals surface area (Å²) in [6.45, 7) is 15.4. The molecule has 0 radical (unpaired) electrons. The molecule has 3 rings (SSSR count). The Morgan fingerprint density at radius 3 is 2.12 bits per heavy atom. The number of piperazine rings is 1. The lowest BCUT2D eigenvalue weighted by atomic mass is 9.98. The van der Waals surface area contributed by atoms with Crippen LogP contribution in [-0.2, 0) is 9.53 Å². The van der Waals surface area contributed by atoms with Crippen LogP contribution in [0.4, 0.5) is 0 Å². The first kappa shape index (κ1) is 18.2. The number of carbonyl (C=O) groups is 1. The van der Waals surface area contributed by atoms with Crippen molar-refractivity contribution < 1.29 is 9.53 Å². The third kappa shape index (κ3) is 4.50. The van der Waals surface area contributed by atoms with Crippen molar-refractivity contribution in [2.75, 3.05) is 45.8 Å². The van der Waals surface area contributed by atoms with Gasteiger partial charge in [-0.3, -0.25) is 14.6 Å². The second kappa shape index (κ2) is 7.71. The van der Waals surface area contributed by atoms with Gasteiger partial charge in [-0.15, -0.1) is 0 Å². The Morgan fingerprint density at radius 2 is 1.62 bits per heavy atom. The van der Waals surface area contributed by atoms with Gasteiger partial charge in [-0.2, -0.15) is 0 Å². The highest BCUT2D eigenvalue weighted by atomic mass is 16.5. The number of morpholine rings is 1. The highest BCUT2D eigenvalue weighted by Gasteiger charge is 2.37. The third-order valence-corrected chi connectivity index (χ3v) is 5.62. The van der Waals surface area contributed by atoms with Gasteiger partial charge in [0, 0.05) is 45.8 Å². The number of ether oxygens (including phenoxy) is 1. The van der Waals surface area contributed by atoms with Crippen LogP contribution in [-0.4, -0.2) is 84.7 Å². The lowest BCUT2D eigenvalue weighted by molar-refractivity contribution is -0.147. The van der Waals surface area contributed by atoms with Crippen molar-refractivity contribution in [1.29, 1.82) is 0 Å². The molecule has 0 aromatic carbocycles. The molecule has 3 atom stereocenters. The van der Waals surface area contributed by atoms with Gasteiger partial charge in [-0.25, -0.2) is 0 Å². The zero-order chi connectivity index (χ0) is 17.3. The Kier molecular flexibility index (Phi) is 5.83. The largest absolute Gasteiger partial charge is 0.373 e. The number of carbonyl (C=O) groups excluding carboxylic acids is 1. The van der Waals surface area contributed by atoms with Gasteiger partial charge in [-0.05, 0) is 38.5 Å². The Balaban J connectivity index is 1.58. The minimum Gasteiger partial charge on any atom is -0.373 e. The van der Waals surface area contributed by atoms with E-state index in [1.165, 1.54) is 19.4 Å². The summed E-state index contributed by atoms with van der Waals surface area (Å²) < 4.78 is 5.86. The van der Waals surface area contributed by atoms with E-state index in [1.54, 1.807) is 0 Å². The predicted octanol–water partition coefficient (Wildman–Crippen LogP) is 1.67. The lowest BCUT2D eigenvalue weighted by Crippen LogP contribution is -2.60. The van der Waals surface area contributed by atoms with Gasteiger partial charge < -0.3 is 9.64 Å². The summed E-state index contributed by atoms with van der Waals surface area (Å²) in [5.74, 6) is 1.60. The zero-order valence-electron chi connectivity index (χ0n) is 15.9. The van der Waals surface area contributed by atoms with Crippen LogP contribution in [0.25, 0.3) is 0 Å². The van der Waals surface area contributed by atoms with Gasteiger partial charge >= 0.3 is 0 Å². The van der Waals surface area contributed by atoms with Crippen LogP contribution in [0.3, 0.4) is 0 Å². The van der Waals surface area contributed by atoms with Crippen LogP contribution in [0.5, 0.6) is 0 Å². The standard InChI is InChI=1S/C19H35N3O2/c1-14(2)18(22-11-15(3)24-16(4)12-22)19(23)21-9-7-20(8-10-21)13-17-5-6-17/h14-18H,5-13H2,1-4H3. The summed E-state index contributed by atoms with van der Waals surface area (Å²) in [5, 5.41) is 0. The molecule has 2 heterocycles. The van der Waals surface area contributed by atoms with Crippen molar-refractivity contribution in [1.82, 2.24) is 14.7 Å². The minimum absolute atomic E-state index is 0.00576. The fourth-order valence-corrected chi connectivity index (χ4v) is 4.31. The Labute approximate surface area is 147 Å². The number of nitrogens with zero attached hydrogens (tertiary/aromatic N) is 3. The Bertz CT molecular complexity index is 420.